The van der Waals surface area contributed by atoms with Crippen LogP contribution in [0.1, 0.15) is 17.5 Å². The van der Waals surface area contributed by atoms with Crippen molar-refractivity contribution < 1.29 is 14.5 Å². The van der Waals surface area contributed by atoms with E-state index in [9.17, 15) is 14.9 Å². The molecule has 2 aromatic rings. The molecule has 3 rings (SSSR count). The maximum absolute atomic E-state index is 12.5. The van der Waals surface area contributed by atoms with Gasteiger partial charge in [0.2, 0.25) is 5.91 Å². The van der Waals surface area contributed by atoms with Gasteiger partial charge in [-0.3, -0.25) is 14.9 Å². The number of hydrogen-bond acceptors (Lipinski definition) is 5. The molecule has 28 heavy (non-hydrogen) atoms. The summed E-state index contributed by atoms with van der Waals surface area (Å²) in [6.45, 7) is 6.64. The lowest BCUT2D eigenvalue weighted by Gasteiger charge is -2.35. The molecule has 0 aliphatic carbocycles. The highest BCUT2D eigenvalue weighted by Gasteiger charge is 2.25. The number of para-hydroxylation sites is 2. The van der Waals surface area contributed by atoms with Crippen LogP contribution in [0.25, 0.3) is 0 Å². The van der Waals surface area contributed by atoms with Crippen LogP contribution in [0.2, 0.25) is 0 Å². The minimum Gasteiger partial charge on any atom is -0.493 e. The lowest BCUT2D eigenvalue weighted by Crippen LogP contribution is -2.49. The largest absolute Gasteiger partial charge is 0.493 e. The van der Waals surface area contributed by atoms with Gasteiger partial charge in [0, 0.05) is 32.2 Å². The molecule has 148 valence electrons. The molecule has 0 bridgehead atoms. The maximum Gasteiger partial charge on any atom is 0.292 e. The van der Waals surface area contributed by atoms with Crippen molar-refractivity contribution in [2.45, 2.75) is 20.3 Å². The molecule has 0 unspecified atom stereocenters. The average molecular weight is 383 g/mol. The zero-order valence-electron chi connectivity index (χ0n) is 16.3. The summed E-state index contributed by atoms with van der Waals surface area (Å²) < 4.78 is 5.78. The summed E-state index contributed by atoms with van der Waals surface area (Å²) in [4.78, 5) is 27.1. The fourth-order valence-electron chi connectivity index (χ4n) is 3.37. The van der Waals surface area contributed by atoms with Crippen molar-refractivity contribution >= 4 is 17.3 Å². The van der Waals surface area contributed by atoms with Crippen LogP contribution in [0.5, 0.6) is 5.75 Å². The van der Waals surface area contributed by atoms with Gasteiger partial charge in [-0.25, -0.2) is 0 Å². The third-order valence-corrected chi connectivity index (χ3v) is 5.18. The smallest absolute Gasteiger partial charge is 0.292 e. The molecule has 0 saturated carbocycles. The van der Waals surface area contributed by atoms with Crippen LogP contribution in [-0.2, 0) is 4.79 Å². The quantitative estimate of drug-likeness (QED) is 0.565. The van der Waals surface area contributed by atoms with Gasteiger partial charge in [0.25, 0.3) is 5.69 Å². The van der Waals surface area contributed by atoms with Crippen LogP contribution in [0.15, 0.2) is 42.5 Å². The first kappa shape index (κ1) is 19.7. The fraction of sp³-hybridized carbons (Fsp3) is 0.381. The molecule has 7 heteroatoms. The Morgan fingerprint density at radius 1 is 1.07 bits per heavy atom. The summed E-state index contributed by atoms with van der Waals surface area (Å²) >= 11 is 0. The molecule has 2 aromatic carbocycles. The van der Waals surface area contributed by atoms with Crippen LogP contribution >= 0.6 is 0 Å². The highest BCUT2D eigenvalue weighted by atomic mass is 16.6. The number of anilines is 1. The number of hydrogen-bond donors (Lipinski definition) is 0. The Balaban J connectivity index is 1.50. The number of benzene rings is 2. The molecule has 1 amide bonds. The van der Waals surface area contributed by atoms with Gasteiger partial charge in [-0.15, -0.1) is 0 Å². The predicted octanol–water partition coefficient (Wildman–Crippen LogP) is 3.33. The van der Waals surface area contributed by atoms with Gasteiger partial charge < -0.3 is 14.5 Å². The molecule has 0 radical (unpaired) electrons. The second kappa shape index (κ2) is 8.73. The van der Waals surface area contributed by atoms with Crippen molar-refractivity contribution in [1.82, 2.24) is 4.90 Å². The molecule has 1 heterocycles. The van der Waals surface area contributed by atoms with Crippen molar-refractivity contribution in [3.8, 4) is 5.75 Å². The Kier molecular flexibility index (Phi) is 6.13. The van der Waals surface area contributed by atoms with Crippen LogP contribution in [0.3, 0.4) is 0 Å². The lowest BCUT2D eigenvalue weighted by atomic mass is 10.1. The molecule has 7 nitrogen and oxygen atoms in total. The zero-order valence-corrected chi connectivity index (χ0v) is 16.3. The topological polar surface area (TPSA) is 75.9 Å². The molecule has 1 saturated heterocycles. The van der Waals surface area contributed by atoms with Crippen molar-refractivity contribution in [1.29, 1.82) is 0 Å². The van der Waals surface area contributed by atoms with Crippen molar-refractivity contribution in [2.24, 2.45) is 0 Å². The van der Waals surface area contributed by atoms with E-state index in [-0.39, 0.29) is 16.5 Å². The Bertz CT molecular complexity index is 860. The fourth-order valence-corrected chi connectivity index (χ4v) is 3.37. The minimum atomic E-state index is -0.364. The summed E-state index contributed by atoms with van der Waals surface area (Å²) in [5.41, 5.74) is 2.96. The van der Waals surface area contributed by atoms with Gasteiger partial charge >= 0.3 is 0 Å². The number of ether oxygens (including phenoxy) is 1. The number of piperazine rings is 1. The van der Waals surface area contributed by atoms with E-state index in [4.69, 9.17) is 4.74 Å². The molecule has 0 aromatic heterocycles. The van der Waals surface area contributed by atoms with Crippen LogP contribution < -0.4 is 9.64 Å². The predicted molar refractivity (Wildman–Crippen MR) is 108 cm³/mol. The molecule has 0 atom stereocenters. The summed E-state index contributed by atoms with van der Waals surface area (Å²) in [6, 6.07) is 12.6. The number of aryl methyl sites for hydroxylation is 1. The number of nitrogens with zero attached hydrogens (tertiary/aromatic N) is 3. The zero-order chi connectivity index (χ0) is 20.1. The van der Waals surface area contributed by atoms with E-state index >= 15 is 0 Å². The van der Waals surface area contributed by atoms with Crippen molar-refractivity contribution in [3.05, 3.63) is 63.7 Å². The third kappa shape index (κ3) is 4.42. The monoisotopic (exact) mass is 383 g/mol. The second-order valence-electron chi connectivity index (χ2n) is 6.91. The Hall–Kier alpha value is -3.09. The summed E-state index contributed by atoms with van der Waals surface area (Å²) in [5.74, 6) is 0.863. The molecule has 1 fully saturated rings. The number of carbonyl (C=O) groups is 1. The van der Waals surface area contributed by atoms with E-state index in [0.29, 0.717) is 44.9 Å². The average Bonchev–Trinajstić information content (AvgIpc) is 2.71. The third-order valence-electron chi connectivity index (χ3n) is 5.18. The van der Waals surface area contributed by atoms with E-state index in [1.54, 1.807) is 23.1 Å². The van der Waals surface area contributed by atoms with Gasteiger partial charge in [-0.1, -0.05) is 24.3 Å². The summed E-state index contributed by atoms with van der Waals surface area (Å²) in [5, 5.41) is 11.2. The molecule has 1 aliphatic rings. The lowest BCUT2D eigenvalue weighted by molar-refractivity contribution is -0.384. The highest BCUT2D eigenvalue weighted by molar-refractivity contribution is 5.77. The van der Waals surface area contributed by atoms with Gasteiger partial charge in [0.1, 0.15) is 11.4 Å². The molecule has 0 spiro atoms. The summed E-state index contributed by atoms with van der Waals surface area (Å²) in [7, 11) is 0. The van der Waals surface area contributed by atoms with Crippen molar-refractivity contribution in [2.75, 3.05) is 37.7 Å². The first-order valence-corrected chi connectivity index (χ1v) is 9.42. The molecular weight excluding hydrogens is 358 g/mol. The van der Waals surface area contributed by atoms with Gasteiger partial charge in [0.15, 0.2) is 0 Å². The SMILES string of the molecule is Cc1cccc(OCCC(=O)N2CCN(c3ccccc3[N+](=O)[O-])CC2)c1C. The highest BCUT2D eigenvalue weighted by Crippen LogP contribution is 2.28. The number of nitro benzene ring substituents is 1. The Morgan fingerprint density at radius 2 is 1.79 bits per heavy atom. The normalized spacial score (nSPS) is 14.1. The Morgan fingerprint density at radius 3 is 2.50 bits per heavy atom. The first-order chi connectivity index (χ1) is 13.5. The second-order valence-corrected chi connectivity index (χ2v) is 6.91. The van der Waals surface area contributed by atoms with Crippen LogP contribution in [-0.4, -0.2) is 48.5 Å². The van der Waals surface area contributed by atoms with Gasteiger partial charge in [-0.05, 0) is 37.1 Å². The molecular formula is C21H25N3O4. The van der Waals surface area contributed by atoms with Gasteiger partial charge in [-0.2, -0.15) is 0 Å². The maximum atomic E-state index is 12.5. The number of amides is 1. The minimum absolute atomic E-state index is 0.0486. The van der Waals surface area contributed by atoms with E-state index in [0.717, 1.165) is 16.9 Å². The van der Waals surface area contributed by atoms with Gasteiger partial charge in [0.05, 0.1) is 18.0 Å². The Labute approximate surface area is 164 Å². The first-order valence-electron chi connectivity index (χ1n) is 9.42. The van der Waals surface area contributed by atoms with Crippen LogP contribution in [0, 0.1) is 24.0 Å². The summed E-state index contributed by atoms with van der Waals surface area (Å²) in [6.07, 6.45) is 0.318. The van der Waals surface area contributed by atoms with E-state index < -0.39 is 0 Å². The number of nitro groups is 1. The van der Waals surface area contributed by atoms with E-state index in [1.165, 1.54) is 6.07 Å². The molecule has 0 N–H and O–H groups in total. The van der Waals surface area contributed by atoms with E-state index in [1.807, 2.05) is 36.9 Å². The number of rotatable bonds is 6. The van der Waals surface area contributed by atoms with Crippen molar-refractivity contribution in [3.63, 3.8) is 0 Å². The number of carbonyl (C=O) groups excluding carboxylic acids is 1. The standard InChI is InChI=1S/C21H25N3O4/c1-16-6-5-9-20(17(16)2)28-15-10-21(25)23-13-11-22(12-14-23)18-7-3-4-8-19(18)24(26)27/h3-9H,10-15H2,1-2H3. The molecule has 1 aliphatic heterocycles. The van der Waals surface area contributed by atoms with Crippen LogP contribution in [0.4, 0.5) is 11.4 Å². The van der Waals surface area contributed by atoms with E-state index in [2.05, 4.69) is 0 Å².